The van der Waals surface area contributed by atoms with Crippen molar-refractivity contribution in [3.05, 3.63) is 40.6 Å². The van der Waals surface area contributed by atoms with Crippen molar-refractivity contribution in [3.8, 4) is 11.1 Å². The van der Waals surface area contributed by atoms with Crippen LogP contribution in [-0.2, 0) is 4.74 Å². The van der Waals surface area contributed by atoms with Crippen LogP contribution in [0, 0.1) is 0 Å². The fraction of sp³-hybridized carbons (Fsp3) is 0.294. The topological polar surface area (TPSA) is 54.0 Å². The van der Waals surface area contributed by atoms with Crippen molar-refractivity contribution < 1.29 is 4.74 Å². The van der Waals surface area contributed by atoms with Crippen molar-refractivity contribution >= 4 is 39.9 Å². The van der Waals surface area contributed by atoms with Gasteiger partial charge >= 0.3 is 0 Å². The van der Waals surface area contributed by atoms with Crippen LogP contribution in [0.5, 0.6) is 0 Å². The number of hydrogen-bond donors (Lipinski definition) is 1. The normalized spacial score (nSPS) is 18.3. The quantitative estimate of drug-likeness (QED) is 0.743. The number of pyridine rings is 1. The minimum absolute atomic E-state index is 0.249. The van der Waals surface area contributed by atoms with Gasteiger partial charge in [-0.05, 0) is 24.6 Å². The Bertz CT molecular complexity index is 882. The number of fused-ring (bicyclic) bond motifs is 1. The molecule has 1 fully saturated rings. The third kappa shape index (κ3) is 2.62. The summed E-state index contributed by atoms with van der Waals surface area (Å²) in [7, 11) is 0. The van der Waals surface area contributed by atoms with Gasteiger partial charge in [-0.15, -0.1) is 0 Å². The Hall–Kier alpha value is -1.82. The van der Waals surface area contributed by atoms with Crippen LogP contribution in [0.15, 0.2) is 30.6 Å². The van der Waals surface area contributed by atoms with Crippen LogP contribution < -0.4 is 4.90 Å². The molecule has 0 radical (unpaired) electrons. The van der Waals surface area contributed by atoms with Crippen LogP contribution in [0.2, 0.25) is 10.0 Å². The molecule has 1 aromatic carbocycles. The van der Waals surface area contributed by atoms with E-state index in [1.807, 2.05) is 12.3 Å². The molecule has 3 heterocycles. The fourth-order valence-electron chi connectivity index (χ4n) is 3.07. The molecule has 4 rings (SSSR count). The Labute approximate surface area is 149 Å². The summed E-state index contributed by atoms with van der Waals surface area (Å²) in [4.78, 5) is 7.04. The molecule has 0 amide bonds. The maximum absolute atomic E-state index is 6.45. The predicted molar refractivity (Wildman–Crippen MR) is 97.0 cm³/mol. The largest absolute Gasteiger partial charge is 0.377 e. The first-order chi connectivity index (χ1) is 11.6. The fourth-order valence-corrected chi connectivity index (χ4v) is 3.43. The molecule has 1 aliphatic heterocycles. The maximum atomic E-state index is 6.45. The van der Waals surface area contributed by atoms with Gasteiger partial charge in [-0.25, -0.2) is 4.98 Å². The molecule has 0 unspecified atom stereocenters. The zero-order valence-electron chi connectivity index (χ0n) is 13.1. The molecule has 1 saturated heterocycles. The van der Waals surface area contributed by atoms with Gasteiger partial charge in [0.25, 0.3) is 0 Å². The molecule has 0 spiro atoms. The van der Waals surface area contributed by atoms with Gasteiger partial charge in [0.15, 0.2) is 0 Å². The Kier molecular flexibility index (Phi) is 4.08. The average Bonchev–Trinajstić information content (AvgIpc) is 3.12. The summed E-state index contributed by atoms with van der Waals surface area (Å²) < 4.78 is 5.53. The molecule has 1 atom stereocenters. The van der Waals surface area contributed by atoms with Crippen molar-refractivity contribution in [2.45, 2.75) is 13.0 Å². The molecular formula is C17H16Cl2N4O. The number of rotatable bonds is 2. The number of nitrogens with zero attached hydrogens (tertiary/aromatic N) is 3. The Morgan fingerprint density at radius 3 is 2.96 bits per heavy atom. The van der Waals surface area contributed by atoms with Crippen molar-refractivity contribution in [2.75, 3.05) is 24.7 Å². The highest BCUT2D eigenvalue weighted by Crippen LogP contribution is 2.37. The first kappa shape index (κ1) is 15.7. The SMILES string of the molecule is C[C@@H]1COCCN1c1cc(-c2cn[nH]c2)c2ccc(Cl)c(Cl)c2n1. The lowest BCUT2D eigenvalue weighted by atomic mass is 10.0. The molecule has 0 saturated carbocycles. The summed E-state index contributed by atoms with van der Waals surface area (Å²) in [5, 5.41) is 8.86. The van der Waals surface area contributed by atoms with Gasteiger partial charge in [-0.3, -0.25) is 5.10 Å². The summed E-state index contributed by atoms with van der Waals surface area (Å²) in [6, 6.07) is 6.08. The minimum Gasteiger partial charge on any atom is -0.377 e. The molecule has 3 aromatic rings. The monoisotopic (exact) mass is 362 g/mol. The minimum atomic E-state index is 0.249. The third-order valence-electron chi connectivity index (χ3n) is 4.33. The number of nitrogens with one attached hydrogen (secondary N) is 1. The van der Waals surface area contributed by atoms with Crippen LogP contribution in [-0.4, -0.2) is 41.0 Å². The molecule has 5 nitrogen and oxygen atoms in total. The number of aromatic nitrogens is 3. The number of aromatic amines is 1. The molecule has 124 valence electrons. The molecule has 1 N–H and O–H groups in total. The van der Waals surface area contributed by atoms with Gasteiger partial charge in [0.05, 0.1) is 41.0 Å². The van der Waals surface area contributed by atoms with E-state index in [2.05, 4.69) is 28.1 Å². The van der Waals surface area contributed by atoms with Gasteiger partial charge in [0.1, 0.15) is 5.82 Å². The molecule has 24 heavy (non-hydrogen) atoms. The number of ether oxygens (including phenoxy) is 1. The molecule has 0 bridgehead atoms. The van der Waals surface area contributed by atoms with Crippen LogP contribution >= 0.6 is 23.2 Å². The highest BCUT2D eigenvalue weighted by molar-refractivity contribution is 6.45. The molecular weight excluding hydrogens is 347 g/mol. The number of anilines is 1. The standard InChI is InChI=1S/C17H16Cl2N4O/c1-10-9-24-5-4-23(10)15-6-13(11-7-20-21-8-11)12-2-3-14(18)16(19)17(12)22-15/h2-3,6-8,10H,4-5,9H2,1H3,(H,20,21)/t10-/m1/s1. The third-order valence-corrected chi connectivity index (χ3v) is 5.12. The highest BCUT2D eigenvalue weighted by Gasteiger charge is 2.22. The van der Waals surface area contributed by atoms with Crippen LogP contribution in [0.1, 0.15) is 6.92 Å². The molecule has 1 aliphatic rings. The summed E-state index contributed by atoms with van der Waals surface area (Å²) in [6.45, 7) is 4.29. The molecule has 2 aromatic heterocycles. The van der Waals surface area contributed by atoms with Crippen LogP contribution in [0.4, 0.5) is 5.82 Å². The van der Waals surface area contributed by atoms with Crippen LogP contribution in [0.25, 0.3) is 22.0 Å². The van der Waals surface area contributed by atoms with Crippen LogP contribution in [0.3, 0.4) is 0 Å². The number of halogens is 2. The van der Waals surface area contributed by atoms with E-state index in [4.69, 9.17) is 32.9 Å². The Balaban J connectivity index is 1.97. The molecule has 7 heteroatoms. The van der Waals surface area contributed by atoms with E-state index >= 15 is 0 Å². The lowest BCUT2D eigenvalue weighted by Crippen LogP contribution is -2.44. The summed E-state index contributed by atoms with van der Waals surface area (Å²) in [5.41, 5.74) is 2.72. The number of benzene rings is 1. The van der Waals surface area contributed by atoms with E-state index in [1.165, 1.54) is 0 Å². The van der Waals surface area contributed by atoms with E-state index in [1.54, 1.807) is 12.3 Å². The van der Waals surface area contributed by atoms with E-state index in [0.717, 1.165) is 28.9 Å². The summed E-state index contributed by atoms with van der Waals surface area (Å²) in [6.07, 6.45) is 3.66. The Morgan fingerprint density at radius 2 is 2.21 bits per heavy atom. The first-order valence-electron chi connectivity index (χ1n) is 7.77. The lowest BCUT2D eigenvalue weighted by Gasteiger charge is -2.34. The maximum Gasteiger partial charge on any atom is 0.130 e. The van der Waals surface area contributed by atoms with E-state index < -0.39 is 0 Å². The van der Waals surface area contributed by atoms with Crippen molar-refractivity contribution in [2.24, 2.45) is 0 Å². The van der Waals surface area contributed by atoms with Gasteiger partial charge in [0.2, 0.25) is 0 Å². The Morgan fingerprint density at radius 1 is 1.33 bits per heavy atom. The second-order valence-electron chi connectivity index (χ2n) is 5.89. The second kappa shape index (κ2) is 6.24. The zero-order chi connectivity index (χ0) is 16.7. The summed E-state index contributed by atoms with van der Waals surface area (Å²) in [5.74, 6) is 0.874. The smallest absolute Gasteiger partial charge is 0.130 e. The number of morpholine rings is 1. The summed E-state index contributed by atoms with van der Waals surface area (Å²) >= 11 is 12.7. The molecule has 0 aliphatic carbocycles. The lowest BCUT2D eigenvalue weighted by molar-refractivity contribution is 0.0986. The van der Waals surface area contributed by atoms with Gasteiger partial charge in [-0.1, -0.05) is 29.3 Å². The van der Waals surface area contributed by atoms with Crippen molar-refractivity contribution in [1.82, 2.24) is 15.2 Å². The average molecular weight is 363 g/mol. The number of hydrogen-bond acceptors (Lipinski definition) is 4. The highest BCUT2D eigenvalue weighted by atomic mass is 35.5. The van der Waals surface area contributed by atoms with Gasteiger partial charge in [-0.2, -0.15) is 5.10 Å². The van der Waals surface area contributed by atoms with Gasteiger partial charge in [0, 0.05) is 23.7 Å². The van der Waals surface area contributed by atoms with E-state index in [0.29, 0.717) is 28.8 Å². The van der Waals surface area contributed by atoms with E-state index in [-0.39, 0.29) is 6.04 Å². The second-order valence-corrected chi connectivity index (χ2v) is 6.68. The number of H-pyrrole nitrogens is 1. The van der Waals surface area contributed by atoms with Crippen molar-refractivity contribution in [3.63, 3.8) is 0 Å². The predicted octanol–water partition coefficient (Wildman–Crippen LogP) is 4.16. The zero-order valence-corrected chi connectivity index (χ0v) is 14.6. The van der Waals surface area contributed by atoms with Gasteiger partial charge < -0.3 is 9.64 Å². The van der Waals surface area contributed by atoms with Crippen molar-refractivity contribution in [1.29, 1.82) is 0 Å². The van der Waals surface area contributed by atoms with E-state index in [9.17, 15) is 0 Å². The first-order valence-corrected chi connectivity index (χ1v) is 8.53.